The van der Waals surface area contributed by atoms with Gasteiger partial charge in [0.15, 0.2) is 0 Å². The lowest BCUT2D eigenvalue weighted by molar-refractivity contribution is 0.413. The summed E-state index contributed by atoms with van der Waals surface area (Å²) in [5, 5.41) is 0. The largest absolute Gasteiger partial charge is 0.309 e. The summed E-state index contributed by atoms with van der Waals surface area (Å²) in [5.74, 6) is 0. The van der Waals surface area contributed by atoms with E-state index in [0.29, 0.717) is 5.69 Å². The Bertz CT molecular complexity index is 324. The van der Waals surface area contributed by atoms with E-state index in [-0.39, 0.29) is 0 Å². The number of aliphatic imine (C=N–C) groups is 1. The van der Waals surface area contributed by atoms with Crippen molar-refractivity contribution in [3.05, 3.63) is 29.8 Å². The molecule has 0 heterocycles. The second kappa shape index (κ2) is 5.32. The number of nitrogens with zero attached hydrogens (tertiary/aromatic N) is 2. The molecule has 0 aliphatic rings. The summed E-state index contributed by atoms with van der Waals surface area (Å²) in [7, 11) is 4.09. The van der Waals surface area contributed by atoms with Gasteiger partial charge in [-0.2, -0.15) is 4.99 Å². The molecule has 0 fully saturated rings. The molecule has 0 atom stereocenters. The maximum atomic E-state index is 9.98. The summed E-state index contributed by atoms with van der Waals surface area (Å²) >= 11 is 0. The maximum absolute atomic E-state index is 9.98. The topological polar surface area (TPSA) is 32.7 Å². The Morgan fingerprint density at radius 1 is 1.29 bits per heavy atom. The molecule has 0 unspecified atom stereocenters. The van der Waals surface area contributed by atoms with Gasteiger partial charge in [0, 0.05) is 6.54 Å². The van der Waals surface area contributed by atoms with Gasteiger partial charge in [-0.25, -0.2) is 4.79 Å². The molecule has 0 N–H and O–H groups in total. The zero-order valence-corrected chi connectivity index (χ0v) is 8.53. The Morgan fingerprint density at radius 3 is 2.43 bits per heavy atom. The van der Waals surface area contributed by atoms with E-state index in [0.717, 1.165) is 13.0 Å². The van der Waals surface area contributed by atoms with Crippen LogP contribution in [0.5, 0.6) is 0 Å². The number of hydrogen-bond donors (Lipinski definition) is 0. The fraction of sp³-hybridized carbons (Fsp3) is 0.364. The Kier molecular flexibility index (Phi) is 4.05. The number of benzene rings is 1. The van der Waals surface area contributed by atoms with E-state index in [9.17, 15) is 4.79 Å². The van der Waals surface area contributed by atoms with Crippen LogP contribution >= 0.6 is 0 Å². The molecule has 3 heteroatoms. The molecule has 0 saturated carbocycles. The van der Waals surface area contributed by atoms with Crippen LogP contribution in [0.2, 0.25) is 0 Å². The summed E-state index contributed by atoms with van der Waals surface area (Å²) in [6.07, 6.45) is 2.53. The van der Waals surface area contributed by atoms with E-state index in [1.807, 2.05) is 38.4 Å². The van der Waals surface area contributed by atoms with E-state index in [4.69, 9.17) is 0 Å². The number of rotatable bonds is 4. The fourth-order valence-electron chi connectivity index (χ4n) is 1.14. The predicted molar refractivity (Wildman–Crippen MR) is 56.5 cm³/mol. The Morgan fingerprint density at radius 2 is 1.93 bits per heavy atom. The van der Waals surface area contributed by atoms with E-state index in [2.05, 4.69) is 9.89 Å². The average molecular weight is 190 g/mol. The van der Waals surface area contributed by atoms with Gasteiger partial charge in [0.2, 0.25) is 6.08 Å². The van der Waals surface area contributed by atoms with Crippen molar-refractivity contribution in [1.29, 1.82) is 0 Å². The van der Waals surface area contributed by atoms with Gasteiger partial charge in [0.25, 0.3) is 0 Å². The molecule has 1 aromatic carbocycles. The maximum Gasteiger partial charge on any atom is 0.240 e. The second-order valence-corrected chi connectivity index (χ2v) is 3.42. The van der Waals surface area contributed by atoms with Crippen molar-refractivity contribution in [2.75, 3.05) is 20.6 Å². The first-order valence-corrected chi connectivity index (χ1v) is 4.54. The number of likely N-dealkylation sites (N-methyl/N-ethyl adjacent to an activating group) is 1. The van der Waals surface area contributed by atoms with Gasteiger partial charge in [-0.1, -0.05) is 12.1 Å². The molecule has 0 aliphatic carbocycles. The first-order valence-electron chi connectivity index (χ1n) is 4.54. The van der Waals surface area contributed by atoms with Crippen molar-refractivity contribution >= 4 is 11.8 Å². The van der Waals surface area contributed by atoms with E-state index in [1.54, 1.807) is 0 Å². The van der Waals surface area contributed by atoms with Crippen LogP contribution in [0.15, 0.2) is 29.3 Å². The van der Waals surface area contributed by atoms with E-state index in [1.165, 1.54) is 11.6 Å². The minimum absolute atomic E-state index is 0.661. The number of isocyanates is 1. The molecular weight excluding hydrogens is 176 g/mol. The summed E-state index contributed by atoms with van der Waals surface area (Å²) in [4.78, 5) is 15.6. The Hall–Kier alpha value is -1.44. The molecule has 0 spiro atoms. The summed E-state index contributed by atoms with van der Waals surface area (Å²) in [5.41, 5.74) is 1.91. The lowest BCUT2D eigenvalue weighted by Crippen LogP contribution is -2.14. The molecule has 0 radical (unpaired) electrons. The Labute approximate surface area is 84.1 Å². The van der Waals surface area contributed by atoms with E-state index >= 15 is 0 Å². The van der Waals surface area contributed by atoms with Gasteiger partial charge in [-0.05, 0) is 38.2 Å². The van der Waals surface area contributed by atoms with Crippen LogP contribution in [0, 0.1) is 0 Å². The highest BCUT2D eigenvalue weighted by Gasteiger charge is 1.95. The molecule has 1 aromatic rings. The first-order chi connectivity index (χ1) is 6.72. The van der Waals surface area contributed by atoms with Gasteiger partial charge in [0.05, 0.1) is 5.69 Å². The van der Waals surface area contributed by atoms with Crippen molar-refractivity contribution in [3.8, 4) is 0 Å². The monoisotopic (exact) mass is 190 g/mol. The molecule has 0 amide bonds. The van der Waals surface area contributed by atoms with Crippen molar-refractivity contribution in [3.63, 3.8) is 0 Å². The van der Waals surface area contributed by atoms with Crippen molar-refractivity contribution in [1.82, 2.24) is 4.90 Å². The normalized spacial score (nSPS) is 9.93. The third-order valence-electron chi connectivity index (χ3n) is 1.96. The smallest absolute Gasteiger partial charge is 0.240 e. The first kappa shape index (κ1) is 10.6. The molecular formula is C11H14N2O. The van der Waals surface area contributed by atoms with Gasteiger partial charge in [0.1, 0.15) is 0 Å². The van der Waals surface area contributed by atoms with E-state index < -0.39 is 0 Å². The standard InChI is InChI=1S/C11H14N2O/c1-13(2)8-7-10-3-5-11(6-4-10)12-9-14/h3-6H,7-8H2,1-2H3. The molecule has 3 nitrogen and oxygen atoms in total. The predicted octanol–water partition coefficient (Wildman–Crippen LogP) is 1.76. The van der Waals surface area contributed by atoms with Crippen LogP contribution in [-0.2, 0) is 11.2 Å². The SMILES string of the molecule is CN(C)CCc1ccc(N=C=O)cc1. The zero-order chi connectivity index (χ0) is 10.4. The molecule has 74 valence electrons. The van der Waals surface area contributed by atoms with Crippen molar-refractivity contribution in [2.24, 2.45) is 4.99 Å². The van der Waals surface area contributed by atoms with Crippen LogP contribution in [0.1, 0.15) is 5.56 Å². The van der Waals surface area contributed by atoms with Gasteiger partial charge in [-0.3, -0.25) is 0 Å². The van der Waals surface area contributed by atoms with Crippen LogP contribution in [0.4, 0.5) is 5.69 Å². The molecule has 14 heavy (non-hydrogen) atoms. The molecule has 0 saturated heterocycles. The molecule has 0 bridgehead atoms. The quantitative estimate of drug-likeness (QED) is 0.535. The summed E-state index contributed by atoms with van der Waals surface area (Å²) in [6.45, 7) is 1.02. The van der Waals surface area contributed by atoms with Gasteiger partial charge >= 0.3 is 0 Å². The minimum atomic E-state index is 0.661. The molecule has 0 aromatic heterocycles. The third-order valence-corrected chi connectivity index (χ3v) is 1.96. The van der Waals surface area contributed by atoms with Crippen LogP contribution in [0.3, 0.4) is 0 Å². The number of carbonyl (C=O) groups excluding carboxylic acids is 1. The second-order valence-electron chi connectivity index (χ2n) is 3.42. The minimum Gasteiger partial charge on any atom is -0.309 e. The van der Waals surface area contributed by atoms with Crippen LogP contribution < -0.4 is 0 Å². The summed E-state index contributed by atoms with van der Waals surface area (Å²) in [6, 6.07) is 7.63. The highest BCUT2D eigenvalue weighted by atomic mass is 16.1. The lowest BCUT2D eigenvalue weighted by Gasteiger charge is -2.08. The third kappa shape index (κ3) is 3.52. The zero-order valence-electron chi connectivity index (χ0n) is 8.53. The number of hydrogen-bond acceptors (Lipinski definition) is 3. The highest BCUT2D eigenvalue weighted by molar-refractivity contribution is 5.49. The fourth-order valence-corrected chi connectivity index (χ4v) is 1.14. The summed E-state index contributed by atoms with van der Waals surface area (Å²) < 4.78 is 0. The highest BCUT2D eigenvalue weighted by Crippen LogP contribution is 2.12. The van der Waals surface area contributed by atoms with Crippen LogP contribution in [-0.4, -0.2) is 31.6 Å². The lowest BCUT2D eigenvalue weighted by atomic mass is 10.1. The van der Waals surface area contributed by atoms with Crippen molar-refractivity contribution in [2.45, 2.75) is 6.42 Å². The average Bonchev–Trinajstić information content (AvgIpc) is 2.17. The Balaban J connectivity index is 2.59. The van der Waals surface area contributed by atoms with Gasteiger partial charge < -0.3 is 4.90 Å². The van der Waals surface area contributed by atoms with Crippen molar-refractivity contribution < 1.29 is 4.79 Å². The molecule has 1 rings (SSSR count). The molecule has 0 aliphatic heterocycles. The van der Waals surface area contributed by atoms with Crippen LogP contribution in [0.25, 0.3) is 0 Å². The van der Waals surface area contributed by atoms with Gasteiger partial charge in [-0.15, -0.1) is 0 Å².